The van der Waals surface area contributed by atoms with Crippen molar-refractivity contribution in [2.75, 3.05) is 25.1 Å². The van der Waals surface area contributed by atoms with Crippen LogP contribution in [0.3, 0.4) is 0 Å². The maximum atomic E-state index is 5.89. The third-order valence-corrected chi connectivity index (χ3v) is 3.97. The molecule has 6 heteroatoms. The molecule has 1 aliphatic rings. The van der Waals surface area contributed by atoms with Crippen molar-refractivity contribution in [1.82, 2.24) is 9.97 Å². The molecule has 0 aliphatic carbocycles. The van der Waals surface area contributed by atoms with Crippen LogP contribution < -0.4 is 19.5 Å². The molecule has 0 spiro atoms. The quantitative estimate of drug-likeness (QED) is 0.729. The van der Waals surface area contributed by atoms with E-state index < -0.39 is 0 Å². The van der Waals surface area contributed by atoms with Crippen molar-refractivity contribution in [3.8, 4) is 29.6 Å². The number of ether oxygens (including phenoxy) is 3. The van der Waals surface area contributed by atoms with Crippen molar-refractivity contribution in [2.24, 2.45) is 0 Å². The maximum absolute atomic E-state index is 5.89. The minimum absolute atomic E-state index is 0.457. The van der Waals surface area contributed by atoms with Crippen molar-refractivity contribution >= 4 is 22.4 Å². The second-order valence-electron chi connectivity index (χ2n) is 5.63. The summed E-state index contributed by atoms with van der Waals surface area (Å²) in [4.78, 5) is 8.76. The fraction of sp³-hybridized carbons (Fsp3) is 0.200. The summed E-state index contributed by atoms with van der Waals surface area (Å²) in [6, 6.07) is 9.41. The number of rotatable bonds is 4. The van der Waals surface area contributed by atoms with Crippen LogP contribution in [0.5, 0.6) is 17.2 Å². The minimum Gasteiger partial charge on any atom is -0.490 e. The number of anilines is 2. The van der Waals surface area contributed by atoms with Crippen LogP contribution in [0.2, 0.25) is 0 Å². The van der Waals surface area contributed by atoms with Crippen molar-refractivity contribution in [1.29, 1.82) is 0 Å². The molecule has 0 saturated carbocycles. The van der Waals surface area contributed by atoms with E-state index in [9.17, 15) is 0 Å². The van der Waals surface area contributed by atoms with Crippen molar-refractivity contribution < 1.29 is 14.2 Å². The van der Waals surface area contributed by atoms with Gasteiger partial charge in [0.2, 0.25) is 5.75 Å². The Morgan fingerprint density at radius 3 is 2.85 bits per heavy atom. The Kier molecular flexibility index (Phi) is 4.20. The first-order valence-electron chi connectivity index (χ1n) is 8.34. The Hall–Kier alpha value is -3.46. The van der Waals surface area contributed by atoms with Gasteiger partial charge in [0, 0.05) is 17.3 Å². The van der Waals surface area contributed by atoms with E-state index in [0.717, 1.165) is 16.6 Å². The summed E-state index contributed by atoms with van der Waals surface area (Å²) in [5, 5.41) is 4.05. The van der Waals surface area contributed by atoms with Crippen molar-refractivity contribution in [3.63, 3.8) is 0 Å². The fourth-order valence-corrected chi connectivity index (χ4v) is 2.89. The summed E-state index contributed by atoms with van der Waals surface area (Å²) in [7, 11) is 0. The molecule has 4 rings (SSSR count). The first-order chi connectivity index (χ1) is 12.8. The summed E-state index contributed by atoms with van der Waals surface area (Å²) in [6.45, 7) is 3.37. The predicted octanol–water partition coefficient (Wildman–Crippen LogP) is 3.52. The molecule has 0 amide bonds. The van der Waals surface area contributed by atoms with Gasteiger partial charge in [0.25, 0.3) is 0 Å². The largest absolute Gasteiger partial charge is 0.490 e. The van der Waals surface area contributed by atoms with Crippen LogP contribution in [-0.2, 0) is 0 Å². The molecular weight excluding hydrogens is 330 g/mol. The van der Waals surface area contributed by atoms with Gasteiger partial charge in [-0.15, -0.1) is 6.42 Å². The van der Waals surface area contributed by atoms with Gasteiger partial charge in [-0.3, -0.25) is 0 Å². The van der Waals surface area contributed by atoms with E-state index in [1.165, 1.54) is 6.33 Å². The minimum atomic E-state index is 0.457. The van der Waals surface area contributed by atoms with Crippen LogP contribution in [-0.4, -0.2) is 29.8 Å². The van der Waals surface area contributed by atoms with Crippen LogP contribution in [0.4, 0.5) is 11.5 Å². The van der Waals surface area contributed by atoms with Crippen LogP contribution in [0.25, 0.3) is 10.9 Å². The summed E-state index contributed by atoms with van der Waals surface area (Å²) in [6.07, 6.45) is 6.99. The third kappa shape index (κ3) is 2.84. The number of hydrogen-bond acceptors (Lipinski definition) is 6. The lowest BCUT2D eigenvalue weighted by atomic mass is 10.1. The molecule has 0 saturated heterocycles. The molecule has 6 nitrogen and oxygen atoms in total. The molecule has 2 aromatic carbocycles. The highest BCUT2D eigenvalue weighted by Gasteiger charge is 2.24. The molecule has 0 radical (unpaired) electrons. The topological polar surface area (TPSA) is 65.5 Å². The first kappa shape index (κ1) is 16.0. The van der Waals surface area contributed by atoms with Gasteiger partial charge >= 0.3 is 0 Å². The van der Waals surface area contributed by atoms with E-state index in [-0.39, 0.29) is 0 Å². The van der Waals surface area contributed by atoms with Gasteiger partial charge in [-0.2, -0.15) is 0 Å². The molecule has 130 valence electrons. The van der Waals surface area contributed by atoms with Crippen LogP contribution >= 0.6 is 0 Å². The highest BCUT2D eigenvalue weighted by atomic mass is 16.6. The molecule has 1 aromatic heterocycles. The Morgan fingerprint density at radius 1 is 1.19 bits per heavy atom. The molecular formula is C20H17N3O3. The van der Waals surface area contributed by atoms with Crippen LogP contribution in [0.1, 0.15) is 12.5 Å². The molecule has 0 fully saturated rings. The Bertz CT molecular complexity index is 1010. The molecule has 3 aromatic rings. The Morgan fingerprint density at radius 2 is 2.04 bits per heavy atom. The molecule has 0 atom stereocenters. The Balaban J connectivity index is 1.86. The summed E-state index contributed by atoms with van der Waals surface area (Å²) >= 11 is 0. The highest BCUT2D eigenvalue weighted by Crippen LogP contribution is 2.47. The Labute approximate surface area is 151 Å². The smallest absolute Gasteiger partial charge is 0.204 e. The zero-order chi connectivity index (χ0) is 17.9. The lowest BCUT2D eigenvalue weighted by Gasteiger charge is -2.23. The van der Waals surface area contributed by atoms with Crippen LogP contribution in [0.15, 0.2) is 36.7 Å². The zero-order valence-electron chi connectivity index (χ0n) is 14.3. The van der Waals surface area contributed by atoms with Gasteiger partial charge in [0.05, 0.1) is 17.5 Å². The molecule has 2 heterocycles. The zero-order valence-corrected chi connectivity index (χ0v) is 14.3. The normalized spacial score (nSPS) is 12.5. The van der Waals surface area contributed by atoms with E-state index >= 15 is 0 Å². The number of fused-ring (bicyclic) bond motifs is 3. The van der Waals surface area contributed by atoms with E-state index in [0.29, 0.717) is 48.4 Å². The first-order valence-corrected chi connectivity index (χ1v) is 8.34. The molecule has 0 bridgehead atoms. The molecule has 26 heavy (non-hydrogen) atoms. The number of nitrogens with zero attached hydrogens (tertiary/aromatic N) is 2. The number of nitrogens with one attached hydrogen (secondary N) is 1. The van der Waals surface area contributed by atoms with Crippen molar-refractivity contribution in [3.05, 3.63) is 42.2 Å². The fourth-order valence-electron chi connectivity index (χ4n) is 2.89. The van der Waals surface area contributed by atoms with Gasteiger partial charge in [0.15, 0.2) is 11.5 Å². The third-order valence-electron chi connectivity index (χ3n) is 3.97. The van der Waals surface area contributed by atoms with Crippen LogP contribution in [0, 0.1) is 12.3 Å². The average Bonchev–Trinajstić information content (AvgIpc) is 2.68. The summed E-state index contributed by atoms with van der Waals surface area (Å²) < 4.78 is 17.4. The number of aromatic nitrogens is 2. The number of hydrogen-bond donors (Lipinski definition) is 1. The lowest BCUT2D eigenvalue weighted by molar-refractivity contribution is 0.165. The van der Waals surface area contributed by atoms with Gasteiger partial charge < -0.3 is 19.5 Å². The van der Waals surface area contributed by atoms with E-state index in [1.54, 1.807) is 0 Å². The van der Waals surface area contributed by atoms with Gasteiger partial charge in [0.1, 0.15) is 25.4 Å². The summed E-state index contributed by atoms with van der Waals surface area (Å²) in [5.74, 6) is 5.04. The maximum Gasteiger partial charge on any atom is 0.204 e. The highest BCUT2D eigenvalue weighted by molar-refractivity contribution is 5.99. The average molecular weight is 347 g/mol. The summed E-state index contributed by atoms with van der Waals surface area (Å²) in [5.41, 5.74) is 2.33. The molecule has 0 unspecified atom stereocenters. The van der Waals surface area contributed by atoms with E-state index in [1.807, 2.05) is 37.3 Å². The molecule has 1 aliphatic heterocycles. The standard InChI is InChI=1S/C20H17N3O3/c1-3-13-6-5-7-14(10-13)23-20-17-15(21-12-22-20)11-16(24-4-2)18-19(17)26-9-8-25-18/h1,5-7,10-12H,4,8-9H2,2H3,(H,21,22,23). The second-order valence-corrected chi connectivity index (χ2v) is 5.63. The monoisotopic (exact) mass is 347 g/mol. The lowest BCUT2D eigenvalue weighted by Crippen LogP contribution is -2.17. The SMILES string of the molecule is C#Cc1cccc(Nc2ncnc3cc(OCC)c4c(c23)OCCO4)c1. The molecule has 1 N–H and O–H groups in total. The predicted molar refractivity (Wildman–Crippen MR) is 99.4 cm³/mol. The van der Waals surface area contributed by atoms with Gasteiger partial charge in [-0.25, -0.2) is 9.97 Å². The number of terminal acetylenes is 1. The second kappa shape index (κ2) is 6.81. The van der Waals surface area contributed by atoms with E-state index in [4.69, 9.17) is 20.6 Å². The number of benzene rings is 2. The van der Waals surface area contributed by atoms with Gasteiger partial charge in [-0.05, 0) is 25.1 Å². The van der Waals surface area contributed by atoms with E-state index in [2.05, 4.69) is 21.2 Å². The van der Waals surface area contributed by atoms with Crippen molar-refractivity contribution in [2.45, 2.75) is 6.92 Å². The van der Waals surface area contributed by atoms with Gasteiger partial charge in [-0.1, -0.05) is 12.0 Å².